The number of hydrogen-bond acceptors (Lipinski definition) is 5. The molecule has 1 heterocycles. The van der Waals surface area contributed by atoms with Crippen molar-refractivity contribution in [3.05, 3.63) is 47.3 Å². The van der Waals surface area contributed by atoms with Gasteiger partial charge >= 0.3 is 0 Å². The molecule has 2 aromatic rings. The Bertz CT molecular complexity index is 569. The Hall–Kier alpha value is -2.14. The van der Waals surface area contributed by atoms with Gasteiger partial charge in [-0.1, -0.05) is 12.1 Å². The summed E-state index contributed by atoms with van der Waals surface area (Å²) in [6.07, 6.45) is 0. The molecular weight excluding hydrogens is 252 g/mol. The number of aryl methyl sites for hydroxylation is 1. The molecule has 0 spiro atoms. The molecule has 5 nitrogen and oxygen atoms in total. The second-order valence-electron chi connectivity index (χ2n) is 4.71. The maximum atomic E-state index is 5.65. The van der Waals surface area contributed by atoms with E-state index in [0.717, 1.165) is 23.7 Å². The van der Waals surface area contributed by atoms with Crippen LogP contribution in [0.1, 0.15) is 17.0 Å². The number of benzene rings is 1. The maximum absolute atomic E-state index is 5.65. The van der Waals surface area contributed by atoms with Gasteiger partial charge in [0.25, 0.3) is 0 Å². The fourth-order valence-corrected chi connectivity index (χ4v) is 1.97. The molecule has 0 saturated carbocycles. The van der Waals surface area contributed by atoms with E-state index in [4.69, 9.17) is 10.5 Å². The molecule has 1 aromatic heterocycles. The zero-order chi connectivity index (χ0) is 14.5. The van der Waals surface area contributed by atoms with E-state index in [1.807, 2.05) is 49.2 Å². The molecule has 0 fully saturated rings. The van der Waals surface area contributed by atoms with E-state index in [1.54, 1.807) is 7.11 Å². The number of nitrogens with two attached hydrogens (primary N) is 1. The predicted molar refractivity (Wildman–Crippen MR) is 79.8 cm³/mol. The molecule has 1 aromatic carbocycles. The van der Waals surface area contributed by atoms with Crippen LogP contribution in [-0.4, -0.2) is 24.1 Å². The topological polar surface area (TPSA) is 64.3 Å². The van der Waals surface area contributed by atoms with Gasteiger partial charge in [0.15, 0.2) is 0 Å². The Labute approximate surface area is 119 Å². The molecule has 0 radical (unpaired) electrons. The van der Waals surface area contributed by atoms with Crippen LogP contribution in [0.2, 0.25) is 0 Å². The van der Waals surface area contributed by atoms with Gasteiger partial charge in [-0.2, -0.15) is 0 Å². The monoisotopic (exact) mass is 272 g/mol. The highest BCUT2D eigenvalue weighted by molar-refractivity contribution is 5.35. The lowest BCUT2D eigenvalue weighted by molar-refractivity contribution is 0.414. The van der Waals surface area contributed by atoms with Gasteiger partial charge in [-0.25, -0.2) is 9.97 Å². The lowest BCUT2D eigenvalue weighted by Crippen LogP contribution is -2.20. The van der Waals surface area contributed by atoms with Gasteiger partial charge in [0.2, 0.25) is 5.95 Å². The van der Waals surface area contributed by atoms with Gasteiger partial charge in [-0.15, -0.1) is 0 Å². The van der Waals surface area contributed by atoms with Gasteiger partial charge in [-0.05, 0) is 30.7 Å². The van der Waals surface area contributed by atoms with Crippen molar-refractivity contribution < 1.29 is 4.74 Å². The average Bonchev–Trinajstić information content (AvgIpc) is 2.47. The van der Waals surface area contributed by atoms with E-state index < -0.39 is 0 Å². The number of rotatable bonds is 5. The van der Waals surface area contributed by atoms with Crippen LogP contribution < -0.4 is 15.4 Å². The third kappa shape index (κ3) is 3.45. The largest absolute Gasteiger partial charge is 0.497 e. The number of anilines is 1. The summed E-state index contributed by atoms with van der Waals surface area (Å²) < 4.78 is 5.15. The summed E-state index contributed by atoms with van der Waals surface area (Å²) in [4.78, 5) is 10.9. The van der Waals surface area contributed by atoms with Crippen molar-refractivity contribution in [1.29, 1.82) is 0 Å². The summed E-state index contributed by atoms with van der Waals surface area (Å²) in [5.74, 6) is 1.55. The lowest BCUT2D eigenvalue weighted by Gasteiger charge is -2.18. The third-order valence-electron chi connectivity index (χ3n) is 3.02. The minimum absolute atomic E-state index is 0.423. The highest BCUT2D eigenvalue weighted by Crippen LogP contribution is 2.15. The van der Waals surface area contributed by atoms with Crippen molar-refractivity contribution in [2.75, 3.05) is 19.1 Å². The van der Waals surface area contributed by atoms with Gasteiger partial charge < -0.3 is 15.4 Å². The Balaban J connectivity index is 2.14. The van der Waals surface area contributed by atoms with Crippen molar-refractivity contribution in [2.45, 2.75) is 20.0 Å². The first-order valence-electron chi connectivity index (χ1n) is 6.51. The van der Waals surface area contributed by atoms with Crippen LogP contribution in [0.4, 0.5) is 5.95 Å². The molecule has 0 aliphatic carbocycles. The maximum Gasteiger partial charge on any atom is 0.225 e. The highest BCUT2D eigenvalue weighted by Gasteiger charge is 2.07. The number of nitrogens with zero attached hydrogens (tertiary/aromatic N) is 3. The molecule has 5 heteroatoms. The van der Waals surface area contributed by atoms with Gasteiger partial charge in [0.1, 0.15) is 5.75 Å². The Kier molecular flexibility index (Phi) is 4.53. The minimum Gasteiger partial charge on any atom is -0.497 e. The van der Waals surface area contributed by atoms with Crippen LogP contribution in [0.3, 0.4) is 0 Å². The molecule has 20 heavy (non-hydrogen) atoms. The zero-order valence-electron chi connectivity index (χ0n) is 12.1. The van der Waals surface area contributed by atoms with Crippen LogP contribution in [0, 0.1) is 6.92 Å². The predicted octanol–water partition coefficient (Wildman–Crippen LogP) is 1.89. The number of methoxy groups -OCH3 is 1. The number of hydrogen-bond donors (Lipinski definition) is 1. The lowest BCUT2D eigenvalue weighted by atomic mass is 10.2. The summed E-state index contributed by atoms with van der Waals surface area (Å²) in [5.41, 5.74) is 8.61. The van der Waals surface area contributed by atoms with Gasteiger partial charge in [-0.3, -0.25) is 0 Å². The second kappa shape index (κ2) is 6.34. The van der Waals surface area contributed by atoms with Crippen molar-refractivity contribution in [2.24, 2.45) is 5.73 Å². The molecule has 0 atom stereocenters. The molecule has 0 aliphatic heterocycles. The molecule has 2 N–H and O–H groups in total. The van der Waals surface area contributed by atoms with E-state index in [9.17, 15) is 0 Å². The summed E-state index contributed by atoms with van der Waals surface area (Å²) in [6.45, 7) is 3.11. The Morgan fingerprint density at radius 2 is 1.90 bits per heavy atom. The fraction of sp³-hybridized carbons (Fsp3) is 0.333. The smallest absolute Gasteiger partial charge is 0.225 e. The molecule has 0 aliphatic rings. The van der Waals surface area contributed by atoms with E-state index in [-0.39, 0.29) is 0 Å². The van der Waals surface area contributed by atoms with Crippen LogP contribution in [0.25, 0.3) is 0 Å². The molecular formula is C15H20N4O. The molecule has 0 unspecified atom stereocenters. The normalized spacial score (nSPS) is 10.4. The van der Waals surface area contributed by atoms with E-state index in [0.29, 0.717) is 12.5 Å². The van der Waals surface area contributed by atoms with E-state index in [1.165, 1.54) is 5.56 Å². The highest BCUT2D eigenvalue weighted by atomic mass is 16.5. The molecule has 106 valence electrons. The first kappa shape index (κ1) is 14.3. The summed E-state index contributed by atoms with van der Waals surface area (Å²) in [5, 5.41) is 0. The van der Waals surface area contributed by atoms with Crippen molar-refractivity contribution >= 4 is 5.95 Å². The molecule has 0 bridgehead atoms. The first-order valence-corrected chi connectivity index (χ1v) is 6.51. The summed E-state index contributed by atoms with van der Waals surface area (Å²) >= 11 is 0. The third-order valence-corrected chi connectivity index (χ3v) is 3.02. The van der Waals surface area contributed by atoms with Crippen LogP contribution in [-0.2, 0) is 13.1 Å². The summed E-state index contributed by atoms with van der Waals surface area (Å²) in [6, 6.07) is 9.88. The Morgan fingerprint density at radius 1 is 1.20 bits per heavy atom. The SMILES string of the molecule is COc1ccc(CN(C)c2nc(C)cc(CN)n2)cc1. The number of aromatic nitrogens is 2. The van der Waals surface area contributed by atoms with Crippen molar-refractivity contribution in [3.8, 4) is 5.75 Å². The molecule has 0 amide bonds. The van der Waals surface area contributed by atoms with E-state index in [2.05, 4.69) is 9.97 Å². The van der Waals surface area contributed by atoms with Crippen LogP contribution >= 0.6 is 0 Å². The van der Waals surface area contributed by atoms with Crippen molar-refractivity contribution in [3.63, 3.8) is 0 Å². The Morgan fingerprint density at radius 3 is 2.50 bits per heavy atom. The van der Waals surface area contributed by atoms with E-state index >= 15 is 0 Å². The zero-order valence-corrected chi connectivity index (χ0v) is 12.1. The first-order chi connectivity index (χ1) is 9.62. The van der Waals surface area contributed by atoms with Crippen LogP contribution in [0.15, 0.2) is 30.3 Å². The number of ether oxygens (including phenoxy) is 1. The second-order valence-corrected chi connectivity index (χ2v) is 4.71. The molecule has 0 saturated heterocycles. The minimum atomic E-state index is 0.423. The van der Waals surface area contributed by atoms with Gasteiger partial charge in [0.05, 0.1) is 12.8 Å². The van der Waals surface area contributed by atoms with Crippen molar-refractivity contribution in [1.82, 2.24) is 9.97 Å². The summed E-state index contributed by atoms with van der Waals surface area (Å²) in [7, 11) is 3.63. The molecule has 2 rings (SSSR count). The quantitative estimate of drug-likeness (QED) is 0.900. The van der Waals surface area contributed by atoms with Crippen LogP contribution in [0.5, 0.6) is 5.75 Å². The average molecular weight is 272 g/mol. The fourth-order valence-electron chi connectivity index (χ4n) is 1.97. The standard InChI is InChI=1S/C15H20N4O/c1-11-8-13(9-16)18-15(17-11)19(2)10-12-4-6-14(20-3)7-5-12/h4-8H,9-10,16H2,1-3H3. The van der Waals surface area contributed by atoms with Gasteiger partial charge in [0, 0.05) is 25.8 Å².